The summed E-state index contributed by atoms with van der Waals surface area (Å²) in [4.78, 5) is 24.1. The van der Waals surface area contributed by atoms with Crippen LogP contribution in [0.15, 0.2) is 30.3 Å². The zero-order chi connectivity index (χ0) is 19.5. The molecule has 5 nitrogen and oxygen atoms in total. The van der Waals surface area contributed by atoms with Crippen LogP contribution in [0.2, 0.25) is 0 Å². The van der Waals surface area contributed by atoms with Gasteiger partial charge in [0.1, 0.15) is 6.54 Å². The van der Waals surface area contributed by atoms with E-state index in [1.807, 2.05) is 0 Å². The zero-order valence-corrected chi connectivity index (χ0v) is 14.6. The first-order chi connectivity index (χ1) is 12.1. The summed E-state index contributed by atoms with van der Waals surface area (Å²) < 4.78 is 44.8. The maximum atomic E-state index is 12.7. The third kappa shape index (κ3) is 4.44. The van der Waals surface area contributed by atoms with E-state index in [2.05, 4.69) is 5.32 Å². The van der Waals surface area contributed by atoms with Crippen LogP contribution in [0.4, 0.5) is 18.9 Å². The molecule has 0 aliphatic heterocycles. The van der Waals surface area contributed by atoms with Crippen LogP contribution in [0.1, 0.15) is 34.2 Å². The predicted octanol–water partition coefficient (Wildman–Crippen LogP) is 3.94. The monoisotopic (exact) mass is 368 g/mol. The predicted molar refractivity (Wildman–Crippen MR) is 89.9 cm³/mol. The highest BCUT2D eigenvalue weighted by Crippen LogP contribution is 2.30. The second kappa shape index (κ2) is 7.63. The minimum atomic E-state index is -4.48. The summed E-state index contributed by atoms with van der Waals surface area (Å²) in [6.07, 6.45) is -4.48. The summed E-state index contributed by atoms with van der Waals surface area (Å²) in [5.74, 6) is -0.980. The Kier molecular flexibility index (Phi) is 5.74. The van der Waals surface area contributed by atoms with Gasteiger partial charge in [0.05, 0.1) is 17.7 Å². The number of rotatable bonds is 5. The Bertz CT molecular complexity index is 826. The van der Waals surface area contributed by atoms with E-state index in [1.165, 1.54) is 12.1 Å². The fourth-order valence-corrected chi connectivity index (χ4v) is 2.58. The van der Waals surface area contributed by atoms with Gasteiger partial charge in [-0.05, 0) is 45.0 Å². The third-order valence-electron chi connectivity index (χ3n) is 3.84. The summed E-state index contributed by atoms with van der Waals surface area (Å²) in [6.45, 7) is 5.20. The van der Waals surface area contributed by atoms with Crippen LogP contribution in [-0.4, -0.2) is 23.1 Å². The summed E-state index contributed by atoms with van der Waals surface area (Å²) in [5.41, 5.74) is 0.798. The van der Waals surface area contributed by atoms with Crippen LogP contribution in [0, 0.1) is 13.8 Å². The van der Waals surface area contributed by atoms with Gasteiger partial charge in [0.15, 0.2) is 0 Å². The molecule has 0 spiro atoms. The maximum absolute atomic E-state index is 12.7. The number of hydrogen-bond acceptors (Lipinski definition) is 3. The Morgan fingerprint density at radius 1 is 1.19 bits per heavy atom. The highest BCUT2D eigenvalue weighted by molar-refractivity contribution is 5.93. The van der Waals surface area contributed by atoms with E-state index in [0.29, 0.717) is 17.0 Å². The molecular weight excluding hydrogens is 349 g/mol. The third-order valence-corrected chi connectivity index (χ3v) is 3.84. The van der Waals surface area contributed by atoms with Crippen molar-refractivity contribution >= 4 is 17.6 Å². The Morgan fingerprint density at radius 3 is 2.50 bits per heavy atom. The summed E-state index contributed by atoms with van der Waals surface area (Å²) in [6, 6.07) is 6.03. The molecular formula is C18H19F3N2O3. The fourth-order valence-electron chi connectivity index (χ4n) is 2.58. The van der Waals surface area contributed by atoms with Gasteiger partial charge in [-0.2, -0.15) is 13.2 Å². The van der Waals surface area contributed by atoms with Gasteiger partial charge < -0.3 is 14.6 Å². The number of carbonyl (C=O) groups is 2. The van der Waals surface area contributed by atoms with Crippen molar-refractivity contribution in [3.63, 3.8) is 0 Å². The minimum Gasteiger partial charge on any atom is -0.462 e. The quantitative estimate of drug-likeness (QED) is 0.814. The summed E-state index contributed by atoms with van der Waals surface area (Å²) in [5, 5.41) is 2.45. The van der Waals surface area contributed by atoms with Gasteiger partial charge in [-0.15, -0.1) is 0 Å². The van der Waals surface area contributed by atoms with Gasteiger partial charge in [-0.25, -0.2) is 4.79 Å². The lowest BCUT2D eigenvalue weighted by atomic mass is 10.2. The molecule has 0 saturated heterocycles. The van der Waals surface area contributed by atoms with E-state index in [-0.39, 0.29) is 18.8 Å². The Morgan fingerprint density at radius 2 is 1.88 bits per heavy atom. The number of nitrogens with one attached hydrogen (secondary N) is 1. The molecule has 8 heteroatoms. The van der Waals surface area contributed by atoms with Gasteiger partial charge in [-0.3, -0.25) is 4.79 Å². The molecule has 0 saturated carbocycles. The van der Waals surface area contributed by atoms with Crippen LogP contribution in [0.25, 0.3) is 0 Å². The van der Waals surface area contributed by atoms with E-state index < -0.39 is 23.6 Å². The average molecular weight is 368 g/mol. The number of halogens is 3. The van der Waals surface area contributed by atoms with Crippen LogP contribution in [-0.2, 0) is 22.3 Å². The number of esters is 1. The van der Waals surface area contributed by atoms with Crippen LogP contribution in [0.5, 0.6) is 0 Å². The smallest absolute Gasteiger partial charge is 0.416 e. The number of anilines is 1. The number of aromatic nitrogens is 1. The number of hydrogen-bond donors (Lipinski definition) is 1. The molecule has 1 amide bonds. The van der Waals surface area contributed by atoms with Crippen molar-refractivity contribution in [3.05, 3.63) is 52.8 Å². The Hall–Kier alpha value is -2.77. The van der Waals surface area contributed by atoms with Gasteiger partial charge in [-0.1, -0.05) is 6.07 Å². The molecule has 0 bridgehead atoms. The first kappa shape index (κ1) is 19.6. The molecule has 1 aromatic heterocycles. The first-order valence-electron chi connectivity index (χ1n) is 7.94. The summed E-state index contributed by atoms with van der Waals surface area (Å²) in [7, 11) is 0. The lowest BCUT2D eigenvalue weighted by Gasteiger charge is -2.12. The van der Waals surface area contributed by atoms with Crippen LogP contribution < -0.4 is 5.32 Å². The van der Waals surface area contributed by atoms with Crippen molar-refractivity contribution in [1.82, 2.24) is 4.57 Å². The maximum Gasteiger partial charge on any atom is 0.416 e. The Balaban J connectivity index is 2.15. The SMILES string of the molecule is CCOC(=O)c1cc(C)n(CC(=O)Nc2cccc(C(F)(F)F)c2)c1C. The number of amides is 1. The number of benzene rings is 1. The van der Waals surface area contributed by atoms with Crippen molar-refractivity contribution in [3.8, 4) is 0 Å². The summed E-state index contributed by atoms with van der Waals surface area (Å²) >= 11 is 0. The van der Waals surface area contributed by atoms with Crippen molar-refractivity contribution in [2.45, 2.75) is 33.5 Å². The van der Waals surface area contributed by atoms with Crippen LogP contribution in [0.3, 0.4) is 0 Å². The largest absolute Gasteiger partial charge is 0.462 e. The van der Waals surface area contributed by atoms with Gasteiger partial charge in [0.2, 0.25) is 5.91 Å². The molecule has 26 heavy (non-hydrogen) atoms. The van der Waals surface area contributed by atoms with E-state index in [0.717, 1.165) is 12.1 Å². The molecule has 1 aromatic carbocycles. The minimum absolute atomic E-state index is 0.0536. The molecule has 1 N–H and O–H groups in total. The molecule has 140 valence electrons. The van der Waals surface area contributed by atoms with Gasteiger partial charge in [0.25, 0.3) is 0 Å². The van der Waals surface area contributed by atoms with E-state index in [4.69, 9.17) is 4.74 Å². The number of nitrogens with zero attached hydrogens (tertiary/aromatic N) is 1. The Labute approximate surface area is 148 Å². The van der Waals surface area contributed by atoms with Crippen molar-refractivity contribution in [2.24, 2.45) is 0 Å². The molecule has 0 unspecified atom stereocenters. The number of alkyl halides is 3. The zero-order valence-electron chi connectivity index (χ0n) is 14.6. The second-order valence-corrected chi connectivity index (χ2v) is 5.72. The second-order valence-electron chi connectivity index (χ2n) is 5.72. The van der Waals surface area contributed by atoms with Crippen LogP contribution >= 0.6 is 0 Å². The average Bonchev–Trinajstić information content (AvgIpc) is 2.83. The number of carbonyl (C=O) groups excluding carboxylic acids is 2. The first-order valence-corrected chi connectivity index (χ1v) is 7.94. The van der Waals surface area contributed by atoms with Crippen molar-refractivity contribution in [2.75, 3.05) is 11.9 Å². The highest BCUT2D eigenvalue weighted by Gasteiger charge is 2.30. The standard InChI is InChI=1S/C18H19F3N2O3/c1-4-26-17(25)15-8-11(2)23(12(15)3)10-16(24)22-14-7-5-6-13(9-14)18(19,20)21/h5-9H,4,10H2,1-3H3,(H,22,24). The van der Waals surface area contributed by atoms with Crippen molar-refractivity contribution < 1.29 is 27.5 Å². The lowest BCUT2D eigenvalue weighted by molar-refractivity contribution is -0.137. The van der Waals surface area contributed by atoms with E-state index in [9.17, 15) is 22.8 Å². The number of ether oxygens (including phenoxy) is 1. The molecule has 0 atom stereocenters. The molecule has 2 aromatic rings. The van der Waals surface area contributed by atoms with E-state index in [1.54, 1.807) is 31.4 Å². The molecule has 0 aliphatic rings. The molecule has 0 fully saturated rings. The van der Waals surface area contributed by atoms with Gasteiger partial charge >= 0.3 is 12.1 Å². The number of aryl methyl sites for hydroxylation is 1. The normalized spacial score (nSPS) is 11.3. The van der Waals surface area contributed by atoms with E-state index >= 15 is 0 Å². The molecule has 1 heterocycles. The van der Waals surface area contributed by atoms with Crippen molar-refractivity contribution in [1.29, 1.82) is 0 Å². The molecule has 0 radical (unpaired) electrons. The molecule has 2 rings (SSSR count). The topological polar surface area (TPSA) is 60.3 Å². The lowest BCUT2D eigenvalue weighted by Crippen LogP contribution is -2.21. The van der Waals surface area contributed by atoms with Gasteiger partial charge in [0, 0.05) is 17.1 Å². The molecule has 0 aliphatic carbocycles. The highest BCUT2D eigenvalue weighted by atomic mass is 19.4. The fraction of sp³-hybridized carbons (Fsp3) is 0.333.